The normalized spacial score (nSPS) is 11.8. The van der Waals surface area contributed by atoms with E-state index in [-0.39, 0.29) is 0 Å². The molecule has 18 aromatic carbocycles. The maximum atomic E-state index is 5.98. The third-order valence-corrected chi connectivity index (χ3v) is 28.2. The molecule has 0 radical (unpaired) electrons. The van der Waals surface area contributed by atoms with Crippen LogP contribution in [0.1, 0.15) is 67.7 Å². The average Bonchev–Trinajstić information content (AvgIpc) is 1.58. The highest BCUT2D eigenvalue weighted by atomic mass is 32.1. The fraction of sp³-hybridized carbons (Fsp3) is 0. The summed E-state index contributed by atoms with van der Waals surface area (Å²) in [5.74, 6) is 2.54. The standard InChI is InChI=1S/C78H51NS3.C48H33N7O3/c1-4-10-52(11-5-1)16-19-55-22-28-58(29-23-55)61-34-40-73-67(46-61)70-49-64(37-43-76(70)80-73)79(65-38-44-77-71(50-65)68-47-62(35-41-74(68)81-77)59-30-24-56(25-31-59)20-17-53-12-6-2-7-13-53)66-39-45-78-72(51-66)69-48-63(36-42-75(69)82-78)60-32-26-57(27-33-60)21-18-54-14-8-3-9-15-54;1-4-10-34(11-5-1)16-31-43-49-52-46(56-43)37-19-25-40(26-20-37)55(41-27-21-38(22-28-41)47-53-50-44(57-47)32-17-35-12-6-2-7-13-35)42-29-23-39(24-30-42)48-54-51-45(58-48)33-18-36-14-8-3-9-15-36/h1-51H;1-33H/b19-16+,20-17+,21-18+;31-16+,32-17+,33-18+. The van der Waals surface area contributed by atoms with Crippen LogP contribution in [0, 0.1) is 0 Å². The van der Waals surface area contributed by atoms with Crippen LogP contribution in [0.4, 0.5) is 34.1 Å². The molecule has 14 heteroatoms. The highest BCUT2D eigenvalue weighted by Crippen LogP contribution is 2.48. The maximum Gasteiger partial charge on any atom is 0.248 e. The monoisotopic (exact) mass is 1850 g/mol. The molecule has 6 heterocycles. The maximum absolute atomic E-state index is 5.98. The van der Waals surface area contributed by atoms with Crippen molar-refractivity contribution in [1.29, 1.82) is 0 Å². The second-order valence-corrected chi connectivity index (χ2v) is 37.2. The highest BCUT2D eigenvalue weighted by Gasteiger charge is 2.23. The van der Waals surface area contributed by atoms with Gasteiger partial charge in [-0.2, -0.15) is 0 Å². The number of anilines is 6. The Kier molecular flexibility index (Phi) is 24.4. The molecule has 0 aliphatic carbocycles. The van der Waals surface area contributed by atoms with E-state index in [0.717, 1.165) is 67.5 Å². The minimum absolute atomic E-state index is 0.422. The average molecular weight is 1850 g/mol. The smallest absolute Gasteiger partial charge is 0.248 e. The summed E-state index contributed by atoms with van der Waals surface area (Å²) < 4.78 is 25.6. The van der Waals surface area contributed by atoms with Crippen molar-refractivity contribution in [2.24, 2.45) is 0 Å². The van der Waals surface area contributed by atoms with Gasteiger partial charge in [-0.3, -0.25) is 0 Å². The lowest BCUT2D eigenvalue weighted by Gasteiger charge is -2.26. The molecule has 140 heavy (non-hydrogen) atoms. The molecule has 0 unspecified atom stereocenters. The molecule has 0 spiro atoms. The summed E-state index contributed by atoms with van der Waals surface area (Å²) in [7, 11) is 0. The van der Waals surface area contributed by atoms with Gasteiger partial charge in [-0.25, -0.2) is 0 Å². The Morgan fingerprint density at radius 3 is 0.586 bits per heavy atom. The van der Waals surface area contributed by atoms with Crippen LogP contribution >= 0.6 is 34.0 Å². The summed E-state index contributed by atoms with van der Waals surface area (Å²) in [5.41, 5.74) is 26.0. The Labute approximate surface area is 821 Å². The van der Waals surface area contributed by atoms with E-state index in [4.69, 9.17) is 13.3 Å². The Bertz CT molecular complexity index is 7920. The Balaban J connectivity index is 0.000000166. The van der Waals surface area contributed by atoms with Crippen molar-refractivity contribution in [2.75, 3.05) is 9.80 Å². The van der Waals surface area contributed by atoms with E-state index < -0.39 is 0 Å². The summed E-state index contributed by atoms with van der Waals surface area (Å²) in [4.78, 5) is 4.63. The lowest BCUT2D eigenvalue weighted by Crippen LogP contribution is -2.09. The topological polar surface area (TPSA) is 123 Å². The number of aromatic nitrogens is 6. The van der Waals surface area contributed by atoms with Gasteiger partial charge in [0.1, 0.15) is 0 Å². The van der Waals surface area contributed by atoms with Gasteiger partial charge < -0.3 is 23.1 Å². The number of benzene rings is 18. The van der Waals surface area contributed by atoms with Crippen LogP contribution in [-0.2, 0) is 0 Å². The summed E-state index contributed by atoms with van der Waals surface area (Å²) >= 11 is 5.59. The van der Waals surface area contributed by atoms with E-state index in [2.05, 4.69) is 350 Å². The van der Waals surface area contributed by atoms with Crippen molar-refractivity contribution in [3.05, 3.63) is 505 Å². The van der Waals surface area contributed by atoms with Gasteiger partial charge in [-0.1, -0.05) is 309 Å². The first-order valence-corrected chi connectivity index (χ1v) is 48.7. The number of hydrogen-bond donors (Lipinski definition) is 0. The molecule has 24 rings (SSSR count). The number of rotatable bonds is 24. The lowest BCUT2D eigenvalue weighted by atomic mass is 10.0. The minimum atomic E-state index is 0.422. The molecule has 0 aliphatic rings. The SMILES string of the molecule is C(=C\c1ccc(-c2ccc3sc4ccc(N(c5ccc6sc7ccc(-c8ccc(/C=C/c9ccccc9)cc8)cc7c6c5)c5ccc6sc7ccc(-c8ccc(/C=C/c9ccccc9)cc8)cc7c6c5)cc4c3c2)cc1)/c1ccccc1.C(=C\c1nnc(-c2ccc(N(c3ccc(-c4nnc(/C=C/c5ccccc5)o4)cc3)c3ccc(-c4nnc(/C=C/c5ccccc5)o4)cc3)cc2)o1)/c1ccccc1. The Morgan fingerprint density at radius 2 is 0.343 bits per heavy atom. The van der Waals surface area contributed by atoms with Crippen molar-refractivity contribution in [1.82, 2.24) is 30.6 Å². The summed E-state index contributed by atoms with van der Waals surface area (Å²) in [6, 6.07) is 154. The predicted molar refractivity (Wildman–Crippen MR) is 589 cm³/mol. The largest absolute Gasteiger partial charge is 0.417 e. The van der Waals surface area contributed by atoms with E-state index in [1.54, 1.807) is 0 Å². The highest BCUT2D eigenvalue weighted by molar-refractivity contribution is 7.26. The van der Waals surface area contributed by atoms with Crippen molar-refractivity contribution in [3.63, 3.8) is 0 Å². The molecule has 664 valence electrons. The molecule has 0 amide bonds. The molecule has 0 atom stereocenters. The molecule has 0 saturated heterocycles. The second-order valence-electron chi connectivity index (χ2n) is 34.0. The quantitative estimate of drug-likeness (QED) is 0.0537. The minimum Gasteiger partial charge on any atom is -0.417 e. The van der Waals surface area contributed by atoms with Crippen molar-refractivity contribution in [3.8, 4) is 67.7 Å². The van der Waals surface area contributed by atoms with Crippen LogP contribution < -0.4 is 9.80 Å². The van der Waals surface area contributed by atoms with Gasteiger partial charge in [0.25, 0.3) is 0 Å². The Hall–Kier alpha value is -17.9. The molecule has 6 aromatic heterocycles. The number of fused-ring (bicyclic) bond motifs is 9. The van der Waals surface area contributed by atoms with E-state index in [1.807, 2.05) is 234 Å². The van der Waals surface area contributed by atoms with Crippen LogP contribution in [0.15, 0.2) is 450 Å². The first kappa shape index (κ1) is 86.2. The second kappa shape index (κ2) is 39.6. The lowest BCUT2D eigenvalue weighted by molar-refractivity contribution is 0.557. The molecule has 0 saturated carbocycles. The van der Waals surface area contributed by atoms with Crippen molar-refractivity contribution in [2.45, 2.75) is 0 Å². The van der Waals surface area contributed by atoms with Gasteiger partial charge in [0.05, 0.1) is 0 Å². The molecular formula is C126H84N8O3S3. The fourth-order valence-electron chi connectivity index (χ4n) is 17.5. The summed E-state index contributed by atoms with van der Waals surface area (Å²) in [5, 5.41) is 33.1. The van der Waals surface area contributed by atoms with Gasteiger partial charge >= 0.3 is 0 Å². The van der Waals surface area contributed by atoms with Crippen molar-refractivity contribution < 1.29 is 13.3 Å². The third-order valence-electron chi connectivity index (χ3n) is 24.8. The summed E-state index contributed by atoms with van der Waals surface area (Å²) in [6.45, 7) is 0. The zero-order valence-corrected chi connectivity index (χ0v) is 78.0. The van der Waals surface area contributed by atoms with Gasteiger partial charge in [0.2, 0.25) is 35.3 Å². The van der Waals surface area contributed by atoms with Gasteiger partial charge in [-0.15, -0.1) is 64.6 Å². The van der Waals surface area contributed by atoms with E-state index in [9.17, 15) is 0 Å². The van der Waals surface area contributed by atoms with Crippen LogP contribution in [0.3, 0.4) is 0 Å². The van der Waals surface area contributed by atoms with E-state index in [1.165, 1.54) is 127 Å². The van der Waals surface area contributed by atoms with Gasteiger partial charge in [-0.05, 0) is 265 Å². The van der Waals surface area contributed by atoms with Gasteiger partial charge in [0, 0.05) is 130 Å². The number of nitrogens with zero attached hydrogens (tertiary/aromatic N) is 8. The zero-order valence-electron chi connectivity index (χ0n) is 75.5. The Morgan fingerprint density at radius 1 is 0.157 bits per heavy atom. The van der Waals surface area contributed by atoms with E-state index >= 15 is 0 Å². The van der Waals surface area contributed by atoms with Crippen LogP contribution in [0.25, 0.3) is 201 Å². The first-order chi connectivity index (χ1) is 69.2. The zero-order chi connectivity index (χ0) is 93.3. The first-order valence-electron chi connectivity index (χ1n) is 46.3. The van der Waals surface area contributed by atoms with Crippen molar-refractivity contribution >= 4 is 202 Å². The van der Waals surface area contributed by atoms with Crippen LogP contribution in [0.2, 0.25) is 0 Å². The molecule has 0 bridgehead atoms. The fourth-order valence-corrected chi connectivity index (χ4v) is 20.7. The molecule has 0 N–H and O–H groups in total. The van der Waals surface area contributed by atoms with E-state index in [0.29, 0.717) is 35.3 Å². The van der Waals surface area contributed by atoms with Gasteiger partial charge in [0.15, 0.2) is 0 Å². The third kappa shape index (κ3) is 19.3. The number of thiophene rings is 3. The predicted octanol–water partition coefficient (Wildman–Crippen LogP) is 35.6. The molecule has 11 nitrogen and oxygen atoms in total. The molecule has 0 aliphatic heterocycles. The molecule has 0 fully saturated rings. The van der Waals surface area contributed by atoms with Crippen LogP contribution in [-0.4, -0.2) is 30.6 Å². The molecular weight excluding hydrogens is 1770 g/mol. The number of hydrogen-bond acceptors (Lipinski definition) is 14. The molecule has 24 aromatic rings. The summed E-state index contributed by atoms with van der Waals surface area (Å²) in [6.07, 6.45) is 24.3. The van der Waals surface area contributed by atoms with Crippen LogP contribution in [0.5, 0.6) is 0 Å².